The topological polar surface area (TPSA) is 50.8 Å². The number of carbonyl (C=O) groups is 1. The minimum absolute atomic E-state index is 0.256. The van der Waals surface area contributed by atoms with Gasteiger partial charge in [0.05, 0.1) is 12.7 Å². The Kier molecular flexibility index (Phi) is 7.81. The summed E-state index contributed by atoms with van der Waals surface area (Å²) >= 11 is 0. The Morgan fingerprint density at radius 3 is 2.22 bits per heavy atom. The molecule has 0 radical (unpaired) electrons. The molecule has 136 valence electrons. The number of ether oxygens (including phenoxy) is 2. The van der Waals surface area contributed by atoms with Crippen molar-refractivity contribution in [3.8, 4) is 0 Å². The van der Waals surface area contributed by atoms with Crippen molar-refractivity contribution >= 4 is 6.09 Å². The zero-order valence-corrected chi connectivity index (χ0v) is 15.9. The summed E-state index contributed by atoms with van der Waals surface area (Å²) in [6.45, 7) is 14.7. The highest BCUT2D eigenvalue weighted by molar-refractivity contribution is 5.69. The Morgan fingerprint density at radius 2 is 1.70 bits per heavy atom. The predicted octanol–water partition coefficient (Wildman–Crippen LogP) is 3.57. The first-order valence-corrected chi connectivity index (χ1v) is 8.92. The van der Waals surface area contributed by atoms with E-state index in [1.807, 2.05) is 41.5 Å². The van der Waals surface area contributed by atoms with Gasteiger partial charge >= 0.3 is 6.09 Å². The summed E-state index contributed by atoms with van der Waals surface area (Å²) in [6, 6.07) is 0. The Morgan fingerprint density at radius 1 is 1.09 bits per heavy atom. The molecule has 0 atom stereocenters. The number of hydrogen-bond acceptors (Lipinski definition) is 4. The van der Waals surface area contributed by atoms with Crippen LogP contribution >= 0.6 is 0 Å². The van der Waals surface area contributed by atoms with E-state index < -0.39 is 5.60 Å². The van der Waals surface area contributed by atoms with E-state index in [1.54, 1.807) is 4.90 Å². The molecule has 1 rings (SSSR count). The van der Waals surface area contributed by atoms with Gasteiger partial charge in [-0.15, -0.1) is 0 Å². The van der Waals surface area contributed by atoms with Crippen LogP contribution in [0, 0.1) is 0 Å². The van der Waals surface area contributed by atoms with Crippen LogP contribution in [0.2, 0.25) is 0 Å². The van der Waals surface area contributed by atoms with Crippen molar-refractivity contribution in [1.29, 1.82) is 0 Å². The van der Waals surface area contributed by atoms with Crippen LogP contribution in [0.3, 0.4) is 0 Å². The Labute approximate surface area is 142 Å². The van der Waals surface area contributed by atoms with Crippen molar-refractivity contribution in [3.63, 3.8) is 0 Å². The number of amides is 1. The van der Waals surface area contributed by atoms with Crippen LogP contribution in [0.25, 0.3) is 0 Å². The lowest BCUT2D eigenvalue weighted by molar-refractivity contribution is 0.00640. The van der Waals surface area contributed by atoms with Gasteiger partial charge in [-0.2, -0.15) is 0 Å². The molecule has 1 amide bonds. The zero-order chi connectivity index (χ0) is 17.5. The first kappa shape index (κ1) is 20.2. The Bertz CT molecular complexity index is 352. The minimum atomic E-state index is -0.469. The van der Waals surface area contributed by atoms with Gasteiger partial charge in [-0.05, 0) is 54.4 Å². The van der Waals surface area contributed by atoms with Crippen LogP contribution in [0.5, 0.6) is 0 Å². The van der Waals surface area contributed by atoms with Crippen molar-refractivity contribution in [2.75, 3.05) is 26.2 Å². The molecule has 0 bridgehead atoms. The molecule has 5 heteroatoms. The maximum atomic E-state index is 12.4. The fraction of sp³-hybridized carbons (Fsp3) is 0.944. The van der Waals surface area contributed by atoms with Gasteiger partial charge in [-0.3, -0.25) is 0 Å². The van der Waals surface area contributed by atoms with Crippen molar-refractivity contribution in [2.45, 2.75) is 84.5 Å². The van der Waals surface area contributed by atoms with Gasteiger partial charge in [-0.1, -0.05) is 12.8 Å². The summed E-state index contributed by atoms with van der Waals surface area (Å²) in [5.41, 5.74) is -0.729. The zero-order valence-electron chi connectivity index (χ0n) is 15.9. The van der Waals surface area contributed by atoms with E-state index in [4.69, 9.17) is 9.47 Å². The SMILES string of the molecule is CC(C)(C)OC(=O)N(CCNCCOC1CCCC1)C(C)(C)C. The molecule has 1 aliphatic rings. The van der Waals surface area contributed by atoms with Gasteiger partial charge in [-0.25, -0.2) is 4.79 Å². The van der Waals surface area contributed by atoms with Gasteiger partial charge in [0.25, 0.3) is 0 Å². The van der Waals surface area contributed by atoms with Crippen LogP contribution in [0.1, 0.15) is 67.2 Å². The molecule has 0 saturated heterocycles. The van der Waals surface area contributed by atoms with Crippen LogP contribution in [-0.2, 0) is 9.47 Å². The van der Waals surface area contributed by atoms with Gasteiger partial charge in [0.1, 0.15) is 5.60 Å². The molecule has 0 aromatic carbocycles. The largest absolute Gasteiger partial charge is 0.444 e. The molecule has 0 heterocycles. The van der Waals surface area contributed by atoms with Gasteiger partial charge in [0.15, 0.2) is 0 Å². The molecule has 1 aliphatic carbocycles. The summed E-state index contributed by atoms with van der Waals surface area (Å²) in [7, 11) is 0. The van der Waals surface area contributed by atoms with E-state index in [-0.39, 0.29) is 11.6 Å². The molecule has 0 aliphatic heterocycles. The highest BCUT2D eigenvalue weighted by Gasteiger charge is 2.30. The van der Waals surface area contributed by atoms with E-state index in [2.05, 4.69) is 5.32 Å². The molecular weight excluding hydrogens is 292 g/mol. The maximum Gasteiger partial charge on any atom is 0.410 e. The third-order valence-corrected chi connectivity index (χ3v) is 3.87. The van der Waals surface area contributed by atoms with E-state index in [0.717, 1.165) is 19.7 Å². The van der Waals surface area contributed by atoms with Crippen molar-refractivity contribution in [1.82, 2.24) is 10.2 Å². The Balaban J connectivity index is 2.27. The number of nitrogens with one attached hydrogen (secondary N) is 1. The molecule has 0 spiro atoms. The lowest BCUT2D eigenvalue weighted by atomic mass is 10.1. The average Bonchev–Trinajstić information content (AvgIpc) is 2.86. The number of rotatable bonds is 7. The van der Waals surface area contributed by atoms with Gasteiger partial charge in [0.2, 0.25) is 0 Å². The molecular formula is C18H36N2O3. The molecule has 0 aromatic rings. The first-order valence-electron chi connectivity index (χ1n) is 8.92. The normalized spacial score (nSPS) is 16.6. The van der Waals surface area contributed by atoms with Crippen molar-refractivity contribution < 1.29 is 14.3 Å². The average molecular weight is 328 g/mol. The van der Waals surface area contributed by atoms with E-state index >= 15 is 0 Å². The summed E-state index contributed by atoms with van der Waals surface area (Å²) < 4.78 is 11.3. The Hall–Kier alpha value is -0.810. The molecule has 5 nitrogen and oxygen atoms in total. The van der Waals surface area contributed by atoms with E-state index in [1.165, 1.54) is 25.7 Å². The number of carbonyl (C=O) groups excluding carboxylic acids is 1. The summed E-state index contributed by atoms with van der Waals surface area (Å²) in [5.74, 6) is 0. The van der Waals surface area contributed by atoms with Crippen molar-refractivity contribution in [2.24, 2.45) is 0 Å². The third-order valence-electron chi connectivity index (χ3n) is 3.87. The standard InChI is InChI=1S/C18H36N2O3/c1-17(2,3)20(16(21)23-18(4,5)6)13-11-19-12-14-22-15-9-7-8-10-15/h15,19H,7-14H2,1-6H3. The van der Waals surface area contributed by atoms with Crippen molar-refractivity contribution in [3.05, 3.63) is 0 Å². The molecule has 1 fully saturated rings. The number of nitrogens with zero attached hydrogens (tertiary/aromatic N) is 1. The van der Waals surface area contributed by atoms with E-state index in [0.29, 0.717) is 12.6 Å². The fourth-order valence-electron chi connectivity index (χ4n) is 2.69. The molecule has 0 unspecified atom stereocenters. The lowest BCUT2D eigenvalue weighted by Crippen LogP contribution is -2.50. The van der Waals surface area contributed by atoms with Crippen LogP contribution in [-0.4, -0.2) is 54.5 Å². The fourth-order valence-corrected chi connectivity index (χ4v) is 2.69. The third kappa shape index (κ3) is 8.56. The van der Waals surface area contributed by atoms with Crippen LogP contribution in [0.4, 0.5) is 4.79 Å². The smallest absolute Gasteiger partial charge is 0.410 e. The second-order valence-electron chi connectivity index (χ2n) is 8.33. The van der Waals surface area contributed by atoms with Crippen LogP contribution < -0.4 is 5.32 Å². The second-order valence-corrected chi connectivity index (χ2v) is 8.33. The minimum Gasteiger partial charge on any atom is -0.444 e. The summed E-state index contributed by atoms with van der Waals surface area (Å²) in [5, 5.41) is 3.36. The monoisotopic (exact) mass is 328 g/mol. The van der Waals surface area contributed by atoms with Crippen LogP contribution in [0.15, 0.2) is 0 Å². The molecule has 1 N–H and O–H groups in total. The first-order chi connectivity index (χ1) is 10.6. The quantitative estimate of drug-likeness (QED) is 0.726. The predicted molar refractivity (Wildman–Crippen MR) is 93.8 cm³/mol. The summed E-state index contributed by atoms with van der Waals surface area (Å²) in [6.07, 6.45) is 5.22. The maximum absolute atomic E-state index is 12.4. The molecule has 23 heavy (non-hydrogen) atoms. The second kappa shape index (κ2) is 8.88. The van der Waals surface area contributed by atoms with E-state index in [9.17, 15) is 4.79 Å². The summed E-state index contributed by atoms with van der Waals surface area (Å²) in [4.78, 5) is 14.1. The molecule has 1 saturated carbocycles. The highest BCUT2D eigenvalue weighted by atomic mass is 16.6. The lowest BCUT2D eigenvalue weighted by Gasteiger charge is -2.36. The van der Waals surface area contributed by atoms with Gasteiger partial charge in [0, 0.05) is 25.2 Å². The molecule has 0 aromatic heterocycles. The highest BCUT2D eigenvalue weighted by Crippen LogP contribution is 2.20. The van der Waals surface area contributed by atoms with Gasteiger partial charge < -0.3 is 19.7 Å². The number of hydrogen-bond donors (Lipinski definition) is 1.